The van der Waals surface area contributed by atoms with Crippen LogP contribution in [-0.2, 0) is 11.2 Å². The molecule has 1 aliphatic rings. The monoisotopic (exact) mass is 408 g/mol. The maximum absolute atomic E-state index is 12.6. The van der Waals surface area contributed by atoms with Crippen molar-refractivity contribution in [3.63, 3.8) is 0 Å². The van der Waals surface area contributed by atoms with E-state index in [9.17, 15) is 4.79 Å². The van der Waals surface area contributed by atoms with E-state index in [1.165, 1.54) is 0 Å². The van der Waals surface area contributed by atoms with Gasteiger partial charge in [0, 0.05) is 23.1 Å². The highest BCUT2D eigenvalue weighted by atomic mass is 35.5. The van der Waals surface area contributed by atoms with Crippen molar-refractivity contribution < 1.29 is 14.3 Å². The standard InChI is InChI=1S/C20H22Cl2N2O3/c1-4-26-19-8-13-7-11(2)27-18(13)10-17(19)23-12(3)20(25)24-16-6-5-14(21)9-15(16)22/h5-6,8-12,23H,4,7H2,1-3H3,(H,24,25). The molecule has 7 heteroatoms. The molecule has 1 aliphatic heterocycles. The van der Waals surface area contributed by atoms with Crippen LogP contribution in [0.2, 0.25) is 10.0 Å². The third kappa shape index (κ3) is 4.60. The molecule has 0 radical (unpaired) electrons. The van der Waals surface area contributed by atoms with Crippen LogP contribution in [0.4, 0.5) is 11.4 Å². The van der Waals surface area contributed by atoms with Gasteiger partial charge in [-0.2, -0.15) is 0 Å². The summed E-state index contributed by atoms with van der Waals surface area (Å²) >= 11 is 12.0. The van der Waals surface area contributed by atoms with Gasteiger partial charge >= 0.3 is 0 Å². The molecule has 0 aliphatic carbocycles. The van der Waals surface area contributed by atoms with Gasteiger partial charge in [0.2, 0.25) is 5.91 Å². The van der Waals surface area contributed by atoms with E-state index in [1.54, 1.807) is 25.1 Å². The lowest BCUT2D eigenvalue weighted by Crippen LogP contribution is -2.32. The first-order valence-electron chi connectivity index (χ1n) is 8.86. The molecule has 1 amide bonds. The summed E-state index contributed by atoms with van der Waals surface area (Å²) in [5.74, 6) is 1.30. The number of fused-ring (bicyclic) bond motifs is 1. The zero-order chi connectivity index (χ0) is 19.6. The van der Waals surface area contributed by atoms with Gasteiger partial charge in [0.1, 0.15) is 23.6 Å². The van der Waals surface area contributed by atoms with Gasteiger partial charge < -0.3 is 20.1 Å². The molecule has 2 unspecified atom stereocenters. The number of anilines is 2. The van der Waals surface area contributed by atoms with Crippen LogP contribution in [0.15, 0.2) is 30.3 Å². The maximum Gasteiger partial charge on any atom is 0.246 e. The number of carbonyl (C=O) groups is 1. The van der Waals surface area contributed by atoms with Gasteiger partial charge in [-0.25, -0.2) is 0 Å². The summed E-state index contributed by atoms with van der Waals surface area (Å²) in [4.78, 5) is 12.6. The minimum absolute atomic E-state index is 0.137. The molecule has 3 rings (SSSR count). The lowest BCUT2D eigenvalue weighted by molar-refractivity contribution is -0.116. The summed E-state index contributed by atoms with van der Waals surface area (Å²) in [6.45, 7) is 6.25. The largest absolute Gasteiger partial charge is 0.492 e. The summed E-state index contributed by atoms with van der Waals surface area (Å²) in [5.41, 5.74) is 2.34. The van der Waals surface area contributed by atoms with Crippen molar-refractivity contribution in [2.45, 2.75) is 39.3 Å². The minimum Gasteiger partial charge on any atom is -0.492 e. The lowest BCUT2D eigenvalue weighted by Gasteiger charge is -2.19. The molecule has 0 bridgehead atoms. The van der Waals surface area contributed by atoms with Crippen LogP contribution in [0.5, 0.6) is 11.5 Å². The Morgan fingerprint density at radius 3 is 2.78 bits per heavy atom. The summed E-state index contributed by atoms with van der Waals surface area (Å²) < 4.78 is 11.6. The van der Waals surface area contributed by atoms with Gasteiger partial charge in [-0.05, 0) is 45.0 Å². The molecular weight excluding hydrogens is 387 g/mol. The van der Waals surface area contributed by atoms with Crippen molar-refractivity contribution in [1.29, 1.82) is 0 Å². The third-order valence-electron chi connectivity index (χ3n) is 4.25. The van der Waals surface area contributed by atoms with E-state index in [1.807, 2.05) is 26.0 Å². The van der Waals surface area contributed by atoms with Gasteiger partial charge in [-0.3, -0.25) is 4.79 Å². The fourth-order valence-electron chi connectivity index (χ4n) is 2.96. The molecule has 0 spiro atoms. The van der Waals surface area contributed by atoms with Gasteiger partial charge in [-0.15, -0.1) is 0 Å². The molecule has 2 aromatic rings. The number of rotatable bonds is 6. The second-order valence-corrected chi connectivity index (χ2v) is 7.34. The van der Waals surface area contributed by atoms with E-state index in [2.05, 4.69) is 10.6 Å². The molecule has 2 atom stereocenters. The highest BCUT2D eigenvalue weighted by molar-refractivity contribution is 6.36. The molecular formula is C20H22Cl2N2O3. The van der Waals surface area contributed by atoms with Crippen molar-refractivity contribution in [1.82, 2.24) is 0 Å². The maximum atomic E-state index is 12.6. The van der Waals surface area contributed by atoms with Gasteiger partial charge in [0.25, 0.3) is 0 Å². The van der Waals surface area contributed by atoms with Gasteiger partial charge in [-0.1, -0.05) is 23.2 Å². The Morgan fingerprint density at radius 1 is 1.30 bits per heavy atom. The first kappa shape index (κ1) is 19.6. The normalized spacial score (nSPS) is 16.3. The lowest BCUT2D eigenvalue weighted by atomic mass is 10.1. The van der Waals surface area contributed by atoms with Gasteiger partial charge in [0.05, 0.1) is 23.0 Å². The van der Waals surface area contributed by atoms with Crippen LogP contribution in [0.3, 0.4) is 0 Å². The van der Waals surface area contributed by atoms with E-state index in [0.717, 1.165) is 23.4 Å². The predicted octanol–water partition coefficient (Wildman–Crippen LogP) is 5.15. The summed E-state index contributed by atoms with van der Waals surface area (Å²) in [7, 11) is 0. The molecule has 0 fully saturated rings. The van der Waals surface area contributed by atoms with Crippen LogP contribution in [0.1, 0.15) is 26.3 Å². The fourth-order valence-corrected chi connectivity index (χ4v) is 3.41. The Hall–Kier alpha value is -2.11. The summed E-state index contributed by atoms with van der Waals surface area (Å²) in [6, 6.07) is 8.28. The van der Waals surface area contributed by atoms with Crippen LogP contribution >= 0.6 is 23.2 Å². The third-order valence-corrected chi connectivity index (χ3v) is 4.80. The molecule has 2 N–H and O–H groups in total. The Bertz CT molecular complexity index is 857. The fraction of sp³-hybridized carbons (Fsp3) is 0.350. The second-order valence-electron chi connectivity index (χ2n) is 6.50. The topological polar surface area (TPSA) is 59.6 Å². The van der Waals surface area contributed by atoms with Crippen molar-refractivity contribution in [3.05, 3.63) is 45.9 Å². The number of nitrogens with one attached hydrogen (secondary N) is 2. The van der Waals surface area contributed by atoms with Crippen LogP contribution in [0, 0.1) is 0 Å². The highest BCUT2D eigenvalue weighted by Gasteiger charge is 2.23. The number of hydrogen-bond donors (Lipinski definition) is 2. The zero-order valence-corrected chi connectivity index (χ0v) is 16.9. The molecule has 2 aromatic carbocycles. The Morgan fingerprint density at radius 2 is 2.07 bits per heavy atom. The highest BCUT2D eigenvalue weighted by Crippen LogP contribution is 2.38. The van der Waals surface area contributed by atoms with Crippen molar-refractivity contribution in [2.75, 3.05) is 17.2 Å². The van der Waals surface area contributed by atoms with E-state index >= 15 is 0 Å². The van der Waals surface area contributed by atoms with E-state index in [4.69, 9.17) is 32.7 Å². The number of hydrogen-bond acceptors (Lipinski definition) is 4. The molecule has 0 saturated carbocycles. The zero-order valence-electron chi connectivity index (χ0n) is 15.4. The number of amides is 1. The molecule has 0 aromatic heterocycles. The molecule has 5 nitrogen and oxygen atoms in total. The van der Waals surface area contributed by atoms with Crippen LogP contribution in [-0.4, -0.2) is 24.7 Å². The number of benzene rings is 2. The molecule has 27 heavy (non-hydrogen) atoms. The number of ether oxygens (including phenoxy) is 2. The predicted molar refractivity (Wildman–Crippen MR) is 110 cm³/mol. The Kier molecular flexibility index (Phi) is 6.02. The van der Waals surface area contributed by atoms with E-state index in [-0.39, 0.29) is 12.0 Å². The SMILES string of the molecule is CCOc1cc2c(cc1NC(C)C(=O)Nc1ccc(Cl)cc1Cl)OC(C)C2. The number of halogens is 2. The second kappa shape index (κ2) is 8.28. The smallest absolute Gasteiger partial charge is 0.246 e. The minimum atomic E-state index is -0.521. The van der Waals surface area contributed by atoms with Gasteiger partial charge in [0.15, 0.2) is 0 Å². The van der Waals surface area contributed by atoms with Crippen molar-refractivity contribution >= 4 is 40.5 Å². The quantitative estimate of drug-likeness (QED) is 0.693. The van der Waals surface area contributed by atoms with Crippen molar-refractivity contribution in [2.24, 2.45) is 0 Å². The Balaban J connectivity index is 1.75. The van der Waals surface area contributed by atoms with Crippen LogP contribution in [0.25, 0.3) is 0 Å². The molecule has 144 valence electrons. The Labute approximate surface area is 168 Å². The van der Waals surface area contributed by atoms with E-state index in [0.29, 0.717) is 28.1 Å². The van der Waals surface area contributed by atoms with Crippen molar-refractivity contribution in [3.8, 4) is 11.5 Å². The first-order valence-corrected chi connectivity index (χ1v) is 9.61. The number of carbonyl (C=O) groups excluding carboxylic acids is 1. The van der Waals surface area contributed by atoms with Crippen LogP contribution < -0.4 is 20.1 Å². The van der Waals surface area contributed by atoms with E-state index < -0.39 is 6.04 Å². The average molecular weight is 409 g/mol. The first-order chi connectivity index (χ1) is 12.9. The summed E-state index contributed by atoms with van der Waals surface area (Å²) in [5, 5.41) is 6.91. The average Bonchev–Trinajstić information content (AvgIpc) is 2.96. The summed E-state index contributed by atoms with van der Waals surface area (Å²) in [6.07, 6.45) is 0.985. The molecule has 0 saturated heterocycles. The molecule has 1 heterocycles.